The zero-order valence-corrected chi connectivity index (χ0v) is 14.7. The smallest absolute Gasteiger partial charge is 0.0629 e. The van der Waals surface area contributed by atoms with Crippen molar-refractivity contribution in [3.05, 3.63) is 40.6 Å². The van der Waals surface area contributed by atoms with E-state index in [1.54, 1.807) is 11.8 Å². The molecule has 2 rings (SSSR count). The lowest BCUT2D eigenvalue weighted by Gasteiger charge is -2.21. The average Bonchev–Trinajstić information content (AvgIpc) is 2.72. The van der Waals surface area contributed by atoms with Crippen LogP contribution in [0.1, 0.15) is 26.3 Å². The van der Waals surface area contributed by atoms with E-state index in [0.717, 1.165) is 15.9 Å². The molecule has 0 aliphatic rings. The molecule has 0 fully saturated rings. The summed E-state index contributed by atoms with van der Waals surface area (Å²) in [6.07, 6.45) is 3.90. The van der Waals surface area contributed by atoms with Crippen LogP contribution in [-0.2, 0) is 13.6 Å². The monoisotopic (exact) mass is 353 g/mol. The molecule has 0 aliphatic heterocycles. The first-order valence-electron chi connectivity index (χ1n) is 6.53. The van der Waals surface area contributed by atoms with Gasteiger partial charge in [-0.2, -0.15) is 5.10 Å². The molecule has 0 atom stereocenters. The van der Waals surface area contributed by atoms with Crippen molar-refractivity contribution in [2.45, 2.75) is 42.6 Å². The normalized spacial score (nSPS) is 11.8. The molecule has 1 aromatic carbocycles. The Kier molecular flexibility index (Phi) is 4.94. The number of aromatic nitrogens is 2. The van der Waals surface area contributed by atoms with Crippen molar-refractivity contribution in [2.75, 3.05) is 0 Å². The summed E-state index contributed by atoms with van der Waals surface area (Å²) < 4.78 is 2.96. The Morgan fingerprint density at radius 2 is 2.05 bits per heavy atom. The zero-order valence-electron chi connectivity index (χ0n) is 12.3. The van der Waals surface area contributed by atoms with E-state index in [9.17, 15) is 0 Å². The molecule has 1 aromatic heterocycles. The van der Waals surface area contributed by atoms with E-state index < -0.39 is 0 Å². The van der Waals surface area contributed by atoms with Gasteiger partial charge in [-0.3, -0.25) is 4.68 Å². The van der Waals surface area contributed by atoms with Crippen LogP contribution in [0.5, 0.6) is 0 Å². The number of rotatable bonds is 4. The predicted molar refractivity (Wildman–Crippen MR) is 88.1 cm³/mol. The molecule has 20 heavy (non-hydrogen) atoms. The van der Waals surface area contributed by atoms with Gasteiger partial charge in [0, 0.05) is 34.7 Å². The maximum atomic E-state index is 4.18. The molecule has 2 aromatic rings. The van der Waals surface area contributed by atoms with E-state index in [-0.39, 0.29) is 5.54 Å². The Hall–Kier alpha value is -0.780. The van der Waals surface area contributed by atoms with Crippen LogP contribution in [-0.4, -0.2) is 15.3 Å². The molecule has 3 nitrogen and oxygen atoms in total. The minimum Gasteiger partial charge on any atom is -0.308 e. The molecule has 0 saturated carbocycles. The van der Waals surface area contributed by atoms with E-state index in [0.29, 0.717) is 0 Å². The van der Waals surface area contributed by atoms with Crippen molar-refractivity contribution < 1.29 is 0 Å². The van der Waals surface area contributed by atoms with Gasteiger partial charge in [-0.1, -0.05) is 33.8 Å². The third kappa shape index (κ3) is 4.65. The molecular formula is C15H20BrN3S. The van der Waals surface area contributed by atoms with Crippen LogP contribution in [0.15, 0.2) is 44.9 Å². The van der Waals surface area contributed by atoms with Crippen LogP contribution >= 0.6 is 27.7 Å². The molecule has 0 unspecified atom stereocenters. The highest BCUT2D eigenvalue weighted by atomic mass is 79.9. The summed E-state index contributed by atoms with van der Waals surface area (Å²) in [7, 11) is 1.93. The summed E-state index contributed by atoms with van der Waals surface area (Å²) >= 11 is 5.38. The first-order valence-corrected chi connectivity index (χ1v) is 8.14. The number of hydrogen-bond donors (Lipinski definition) is 1. The molecule has 5 heteroatoms. The summed E-state index contributed by atoms with van der Waals surface area (Å²) in [6.45, 7) is 7.39. The van der Waals surface area contributed by atoms with Crippen LogP contribution in [0, 0.1) is 0 Å². The van der Waals surface area contributed by atoms with Gasteiger partial charge in [0.2, 0.25) is 0 Å². The van der Waals surface area contributed by atoms with E-state index in [4.69, 9.17) is 0 Å². The second kappa shape index (κ2) is 6.33. The summed E-state index contributed by atoms with van der Waals surface area (Å²) in [5.41, 5.74) is 1.40. The molecule has 0 aliphatic carbocycles. The van der Waals surface area contributed by atoms with Crippen molar-refractivity contribution in [1.82, 2.24) is 15.1 Å². The summed E-state index contributed by atoms with van der Waals surface area (Å²) in [4.78, 5) is 2.37. The summed E-state index contributed by atoms with van der Waals surface area (Å²) in [5.74, 6) is 0. The topological polar surface area (TPSA) is 29.9 Å². The van der Waals surface area contributed by atoms with Crippen LogP contribution < -0.4 is 5.32 Å². The first-order chi connectivity index (χ1) is 9.33. The number of benzene rings is 1. The van der Waals surface area contributed by atoms with Crippen molar-refractivity contribution in [2.24, 2.45) is 7.05 Å². The van der Waals surface area contributed by atoms with Crippen molar-refractivity contribution in [3.63, 3.8) is 0 Å². The van der Waals surface area contributed by atoms with Gasteiger partial charge in [-0.05, 0) is 38.5 Å². The standard InChI is InChI=1S/C15H20BrN3S/c1-15(2,3)17-8-11-5-6-12(7-14(11)16)20-13-9-18-19(4)10-13/h5-7,9-10,17H,8H2,1-4H3. The molecular weight excluding hydrogens is 334 g/mol. The number of nitrogens with zero attached hydrogens (tertiary/aromatic N) is 2. The van der Waals surface area contributed by atoms with Gasteiger partial charge in [-0.15, -0.1) is 0 Å². The second-order valence-corrected chi connectivity index (χ2v) is 7.81. The lowest BCUT2D eigenvalue weighted by Crippen LogP contribution is -2.35. The van der Waals surface area contributed by atoms with E-state index >= 15 is 0 Å². The molecule has 108 valence electrons. The maximum absolute atomic E-state index is 4.18. The lowest BCUT2D eigenvalue weighted by molar-refractivity contribution is 0.424. The second-order valence-electron chi connectivity index (χ2n) is 5.81. The van der Waals surface area contributed by atoms with Crippen LogP contribution in [0.3, 0.4) is 0 Å². The highest BCUT2D eigenvalue weighted by Crippen LogP contribution is 2.30. The Labute approximate surface area is 133 Å². The Bertz CT molecular complexity index is 587. The molecule has 1 heterocycles. The van der Waals surface area contributed by atoms with Crippen LogP contribution in [0.2, 0.25) is 0 Å². The van der Waals surface area contributed by atoms with E-state index in [1.165, 1.54) is 10.5 Å². The fourth-order valence-electron chi connectivity index (χ4n) is 1.68. The molecule has 0 saturated heterocycles. The molecule has 0 bridgehead atoms. The fraction of sp³-hybridized carbons (Fsp3) is 0.400. The number of hydrogen-bond acceptors (Lipinski definition) is 3. The minimum atomic E-state index is 0.128. The third-order valence-corrected chi connectivity index (χ3v) is 4.42. The van der Waals surface area contributed by atoms with Gasteiger partial charge in [0.05, 0.1) is 11.1 Å². The average molecular weight is 354 g/mol. The van der Waals surface area contributed by atoms with Gasteiger partial charge >= 0.3 is 0 Å². The molecule has 1 N–H and O–H groups in total. The lowest BCUT2D eigenvalue weighted by atomic mass is 10.1. The highest BCUT2D eigenvalue weighted by molar-refractivity contribution is 9.10. The quantitative estimate of drug-likeness (QED) is 0.892. The van der Waals surface area contributed by atoms with E-state index in [1.807, 2.05) is 24.1 Å². The van der Waals surface area contributed by atoms with Gasteiger partial charge in [0.1, 0.15) is 0 Å². The number of nitrogens with one attached hydrogen (secondary N) is 1. The minimum absolute atomic E-state index is 0.128. The SMILES string of the molecule is Cn1cc(Sc2ccc(CNC(C)(C)C)c(Br)c2)cn1. The largest absolute Gasteiger partial charge is 0.308 e. The Morgan fingerprint density at radius 1 is 1.30 bits per heavy atom. The maximum Gasteiger partial charge on any atom is 0.0629 e. The van der Waals surface area contributed by atoms with Crippen molar-refractivity contribution >= 4 is 27.7 Å². The number of halogens is 1. The first kappa shape index (κ1) is 15.6. The Morgan fingerprint density at radius 3 is 2.60 bits per heavy atom. The third-order valence-electron chi connectivity index (χ3n) is 2.75. The number of aryl methyl sites for hydroxylation is 1. The Balaban J connectivity index is 2.05. The molecule has 0 amide bonds. The van der Waals surface area contributed by atoms with E-state index in [2.05, 4.69) is 65.3 Å². The van der Waals surface area contributed by atoms with Gasteiger partial charge < -0.3 is 5.32 Å². The van der Waals surface area contributed by atoms with Crippen LogP contribution in [0.25, 0.3) is 0 Å². The predicted octanol–water partition coefficient (Wildman–Crippen LogP) is 4.22. The van der Waals surface area contributed by atoms with Crippen molar-refractivity contribution in [3.8, 4) is 0 Å². The zero-order chi connectivity index (χ0) is 14.8. The summed E-state index contributed by atoms with van der Waals surface area (Å²) in [5, 5.41) is 7.68. The van der Waals surface area contributed by atoms with Gasteiger partial charge in [0.25, 0.3) is 0 Å². The molecule has 0 radical (unpaired) electrons. The van der Waals surface area contributed by atoms with Gasteiger partial charge in [-0.25, -0.2) is 0 Å². The highest BCUT2D eigenvalue weighted by Gasteiger charge is 2.10. The van der Waals surface area contributed by atoms with Crippen LogP contribution in [0.4, 0.5) is 0 Å². The fourth-order valence-corrected chi connectivity index (χ4v) is 3.24. The van der Waals surface area contributed by atoms with Crippen molar-refractivity contribution in [1.29, 1.82) is 0 Å². The molecule has 0 spiro atoms. The van der Waals surface area contributed by atoms with Gasteiger partial charge in [0.15, 0.2) is 0 Å². The summed E-state index contributed by atoms with van der Waals surface area (Å²) in [6, 6.07) is 6.49.